The van der Waals surface area contributed by atoms with E-state index in [4.69, 9.17) is 4.98 Å². The molecule has 2 aliphatic rings. The van der Waals surface area contributed by atoms with Crippen molar-refractivity contribution < 1.29 is 4.79 Å². The molecular formula is C26H37N3OS. The summed E-state index contributed by atoms with van der Waals surface area (Å²) in [5.41, 5.74) is 3.41. The van der Waals surface area contributed by atoms with Crippen molar-refractivity contribution in [2.45, 2.75) is 77.7 Å². The van der Waals surface area contributed by atoms with Crippen LogP contribution >= 0.6 is 11.3 Å². The van der Waals surface area contributed by atoms with E-state index in [1.165, 1.54) is 44.3 Å². The molecule has 2 aliphatic heterocycles. The summed E-state index contributed by atoms with van der Waals surface area (Å²) in [6, 6.07) is 9.30. The van der Waals surface area contributed by atoms with E-state index in [1.54, 1.807) is 11.3 Å². The largest absolute Gasteiger partial charge is 0.338 e. The monoisotopic (exact) mass is 439 g/mol. The number of benzene rings is 1. The summed E-state index contributed by atoms with van der Waals surface area (Å²) in [6.07, 6.45) is 7.62. The molecule has 2 fully saturated rings. The second-order valence-corrected chi connectivity index (χ2v) is 11.2. The molecule has 2 saturated heterocycles. The fourth-order valence-electron chi connectivity index (χ4n) is 4.87. The third-order valence-corrected chi connectivity index (χ3v) is 8.09. The predicted octanol–water partition coefficient (Wildman–Crippen LogP) is 5.90. The van der Waals surface area contributed by atoms with Gasteiger partial charge < -0.3 is 9.80 Å². The Morgan fingerprint density at radius 2 is 1.58 bits per heavy atom. The quantitative estimate of drug-likeness (QED) is 0.598. The lowest BCUT2D eigenvalue weighted by atomic mass is 9.87. The van der Waals surface area contributed by atoms with Crippen molar-refractivity contribution in [3.8, 4) is 10.6 Å². The van der Waals surface area contributed by atoms with Crippen LogP contribution in [0.1, 0.15) is 80.2 Å². The van der Waals surface area contributed by atoms with E-state index in [-0.39, 0.29) is 11.3 Å². The Bertz CT molecular complexity index is 880. The first-order valence-corrected chi connectivity index (χ1v) is 12.8. The van der Waals surface area contributed by atoms with Gasteiger partial charge in [-0.25, -0.2) is 4.98 Å². The highest BCUT2D eigenvalue weighted by Gasteiger charge is 2.29. The zero-order valence-corrected chi connectivity index (χ0v) is 20.4. The van der Waals surface area contributed by atoms with Crippen LogP contribution < -0.4 is 0 Å². The number of aromatic nitrogens is 1. The lowest BCUT2D eigenvalue weighted by molar-refractivity contribution is 0.0626. The van der Waals surface area contributed by atoms with Crippen LogP contribution in [0.4, 0.5) is 0 Å². The number of carbonyl (C=O) groups is 1. The minimum absolute atomic E-state index is 0.137. The molecule has 0 aliphatic carbocycles. The summed E-state index contributed by atoms with van der Waals surface area (Å²) in [5.74, 6) is 0.168. The Hall–Kier alpha value is -1.72. The molecule has 0 unspecified atom stereocenters. The van der Waals surface area contributed by atoms with E-state index in [9.17, 15) is 4.79 Å². The van der Waals surface area contributed by atoms with Gasteiger partial charge in [0.15, 0.2) is 0 Å². The van der Waals surface area contributed by atoms with Gasteiger partial charge in [-0.15, -0.1) is 11.3 Å². The molecule has 4 nitrogen and oxygen atoms in total. The van der Waals surface area contributed by atoms with Crippen molar-refractivity contribution in [2.24, 2.45) is 0 Å². The maximum absolute atomic E-state index is 13.3. The van der Waals surface area contributed by atoms with Gasteiger partial charge >= 0.3 is 0 Å². The fraction of sp³-hybridized carbons (Fsp3) is 0.615. The smallest absolute Gasteiger partial charge is 0.265 e. The second-order valence-electron chi connectivity index (χ2n) is 10.2. The minimum Gasteiger partial charge on any atom is -0.338 e. The molecule has 1 aromatic carbocycles. The maximum atomic E-state index is 13.3. The Labute approximate surface area is 191 Å². The number of aryl methyl sites for hydroxylation is 1. The maximum Gasteiger partial charge on any atom is 0.265 e. The molecule has 5 heteroatoms. The molecule has 0 bridgehead atoms. The highest BCUT2D eigenvalue weighted by atomic mass is 32.1. The average Bonchev–Trinajstić information content (AvgIpc) is 2.96. The molecule has 1 amide bonds. The molecule has 0 saturated carbocycles. The van der Waals surface area contributed by atoms with Crippen molar-refractivity contribution >= 4 is 17.2 Å². The van der Waals surface area contributed by atoms with Gasteiger partial charge in [-0.3, -0.25) is 4.79 Å². The van der Waals surface area contributed by atoms with Crippen molar-refractivity contribution in [1.82, 2.24) is 14.8 Å². The van der Waals surface area contributed by atoms with Crippen molar-refractivity contribution in [2.75, 3.05) is 26.2 Å². The van der Waals surface area contributed by atoms with Crippen LogP contribution in [0.3, 0.4) is 0 Å². The van der Waals surface area contributed by atoms with E-state index in [0.717, 1.165) is 47.1 Å². The Balaban J connectivity index is 1.41. The first-order valence-electron chi connectivity index (χ1n) is 11.9. The number of piperidine rings is 1. The van der Waals surface area contributed by atoms with Crippen LogP contribution in [-0.4, -0.2) is 52.9 Å². The summed E-state index contributed by atoms with van der Waals surface area (Å²) in [7, 11) is 0. The molecule has 31 heavy (non-hydrogen) atoms. The molecule has 4 rings (SSSR count). The van der Waals surface area contributed by atoms with Crippen LogP contribution in [0, 0.1) is 6.92 Å². The minimum atomic E-state index is 0.137. The first-order chi connectivity index (χ1) is 14.8. The van der Waals surface area contributed by atoms with E-state index < -0.39 is 0 Å². The highest BCUT2D eigenvalue weighted by molar-refractivity contribution is 7.17. The number of thiazole rings is 1. The molecule has 0 radical (unpaired) electrons. The third kappa shape index (κ3) is 5.20. The summed E-state index contributed by atoms with van der Waals surface area (Å²) in [5, 5.41) is 0.945. The highest BCUT2D eigenvalue weighted by Crippen LogP contribution is 2.32. The Morgan fingerprint density at radius 3 is 2.16 bits per heavy atom. The number of nitrogens with zero attached hydrogens (tertiary/aromatic N) is 3. The standard InChI is InChI=1S/C26H37N3OS/c1-19-23(31-24(27-19)20-9-11-21(12-10-20)26(2,3)4)25(30)29-17-13-22(14-18-29)28-15-7-5-6-8-16-28/h9-12,22H,5-8,13-18H2,1-4H3. The van der Waals surface area contributed by atoms with Gasteiger partial charge in [-0.1, -0.05) is 57.9 Å². The third-order valence-electron chi connectivity index (χ3n) is 6.90. The van der Waals surface area contributed by atoms with Crippen LogP contribution in [0.5, 0.6) is 0 Å². The lowest BCUT2D eigenvalue weighted by Crippen LogP contribution is -2.47. The summed E-state index contributed by atoms with van der Waals surface area (Å²) in [6.45, 7) is 12.9. The SMILES string of the molecule is Cc1nc(-c2ccc(C(C)(C)C)cc2)sc1C(=O)N1CCC(N2CCCCCC2)CC1. The lowest BCUT2D eigenvalue weighted by Gasteiger charge is -2.38. The number of carbonyl (C=O) groups excluding carboxylic acids is 1. The predicted molar refractivity (Wildman–Crippen MR) is 130 cm³/mol. The molecular weight excluding hydrogens is 402 g/mol. The van der Waals surface area contributed by atoms with E-state index in [0.29, 0.717) is 6.04 Å². The number of hydrogen-bond acceptors (Lipinski definition) is 4. The first kappa shape index (κ1) is 22.5. The van der Waals surface area contributed by atoms with Crippen LogP contribution in [0.15, 0.2) is 24.3 Å². The van der Waals surface area contributed by atoms with Crippen LogP contribution in [0.25, 0.3) is 10.6 Å². The molecule has 0 spiro atoms. The molecule has 168 valence electrons. The molecule has 0 N–H and O–H groups in total. The molecule has 2 aromatic rings. The van der Waals surface area contributed by atoms with Crippen LogP contribution in [-0.2, 0) is 5.41 Å². The van der Waals surface area contributed by atoms with Crippen molar-refractivity contribution in [3.05, 3.63) is 40.4 Å². The number of hydrogen-bond donors (Lipinski definition) is 0. The van der Waals surface area contributed by atoms with Crippen molar-refractivity contribution in [1.29, 1.82) is 0 Å². The second kappa shape index (κ2) is 9.41. The number of rotatable bonds is 3. The molecule has 1 aromatic heterocycles. The Kier molecular flexibility index (Phi) is 6.83. The van der Waals surface area contributed by atoms with Crippen molar-refractivity contribution in [3.63, 3.8) is 0 Å². The van der Waals surface area contributed by atoms with Crippen LogP contribution in [0.2, 0.25) is 0 Å². The topological polar surface area (TPSA) is 36.4 Å². The Morgan fingerprint density at radius 1 is 0.968 bits per heavy atom. The summed E-state index contributed by atoms with van der Waals surface area (Å²) < 4.78 is 0. The molecule has 0 atom stereocenters. The zero-order valence-electron chi connectivity index (χ0n) is 19.6. The normalized spacial score (nSPS) is 19.4. The number of likely N-dealkylation sites (tertiary alicyclic amines) is 2. The summed E-state index contributed by atoms with van der Waals surface area (Å²) >= 11 is 1.55. The van der Waals surface area contributed by atoms with Gasteiger partial charge in [0.2, 0.25) is 0 Å². The fourth-order valence-corrected chi connectivity index (χ4v) is 5.91. The van der Waals surface area contributed by atoms with Gasteiger partial charge in [0.05, 0.1) is 5.69 Å². The van der Waals surface area contributed by atoms with Gasteiger partial charge in [0.25, 0.3) is 5.91 Å². The number of amides is 1. The van der Waals surface area contributed by atoms with E-state index in [2.05, 4.69) is 54.8 Å². The van der Waals surface area contributed by atoms with E-state index in [1.807, 2.05) is 6.92 Å². The van der Waals surface area contributed by atoms with Gasteiger partial charge in [0.1, 0.15) is 9.88 Å². The van der Waals surface area contributed by atoms with Gasteiger partial charge in [-0.05, 0) is 56.7 Å². The van der Waals surface area contributed by atoms with Gasteiger partial charge in [-0.2, -0.15) is 0 Å². The average molecular weight is 440 g/mol. The zero-order chi connectivity index (χ0) is 22.0. The van der Waals surface area contributed by atoms with Gasteiger partial charge in [0, 0.05) is 24.7 Å². The summed E-state index contributed by atoms with van der Waals surface area (Å²) in [4.78, 5) is 23.6. The van der Waals surface area contributed by atoms with E-state index >= 15 is 0 Å². The molecule has 3 heterocycles.